The Morgan fingerprint density at radius 3 is 2.61 bits per heavy atom. The van der Waals surface area contributed by atoms with Gasteiger partial charge in [-0.3, -0.25) is 0 Å². The third-order valence-corrected chi connectivity index (χ3v) is 4.38. The maximum absolute atomic E-state index is 6.01. The van der Waals surface area contributed by atoms with E-state index in [-0.39, 0.29) is 5.41 Å². The molecule has 0 bridgehead atoms. The minimum absolute atomic E-state index is 0.266. The summed E-state index contributed by atoms with van der Waals surface area (Å²) in [5.41, 5.74) is 6.27. The highest BCUT2D eigenvalue weighted by molar-refractivity contribution is 4.86. The molecule has 0 radical (unpaired) electrons. The molecule has 0 aliphatic carbocycles. The van der Waals surface area contributed by atoms with E-state index in [9.17, 15) is 0 Å². The van der Waals surface area contributed by atoms with Gasteiger partial charge in [-0.1, -0.05) is 0 Å². The van der Waals surface area contributed by atoms with Crippen LogP contribution in [0.2, 0.25) is 0 Å². The fourth-order valence-electron chi connectivity index (χ4n) is 3.17. The van der Waals surface area contributed by atoms with E-state index in [1.54, 1.807) is 0 Å². The van der Waals surface area contributed by atoms with Gasteiger partial charge in [0.05, 0.1) is 6.10 Å². The fourth-order valence-corrected chi connectivity index (χ4v) is 3.17. The lowest BCUT2D eigenvalue weighted by Crippen LogP contribution is -2.47. The molecule has 2 rings (SSSR count). The van der Waals surface area contributed by atoms with Gasteiger partial charge < -0.3 is 20.1 Å². The molecule has 18 heavy (non-hydrogen) atoms. The molecular weight excluding hydrogens is 228 g/mol. The molecule has 0 aromatic heterocycles. The highest BCUT2D eigenvalue weighted by atomic mass is 16.5. The van der Waals surface area contributed by atoms with Crippen LogP contribution in [0.5, 0.6) is 0 Å². The van der Waals surface area contributed by atoms with Gasteiger partial charge in [0.15, 0.2) is 0 Å². The second kappa shape index (κ2) is 6.85. The van der Waals surface area contributed by atoms with Gasteiger partial charge in [-0.05, 0) is 51.1 Å². The third kappa shape index (κ3) is 3.92. The number of nitrogens with zero attached hydrogens (tertiary/aromatic N) is 1. The van der Waals surface area contributed by atoms with Gasteiger partial charge in [0, 0.05) is 32.9 Å². The molecule has 2 heterocycles. The van der Waals surface area contributed by atoms with Crippen molar-refractivity contribution in [1.29, 1.82) is 0 Å². The first-order valence-corrected chi connectivity index (χ1v) is 7.32. The fraction of sp³-hybridized carbons (Fsp3) is 1.00. The van der Waals surface area contributed by atoms with Gasteiger partial charge in [0.25, 0.3) is 0 Å². The number of ether oxygens (including phenoxy) is 2. The minimum atomic E-state index is 0.266. The van der Waals surface area contributed by atoms with Crippen molar-refractivity contribution in [2.75, 3.05) is 46.5 Å². The van der Waals surface area contributed by atoms with Crippen LogP contribution in [0.15, 0.2) is 0 Å². The van der Waals surface area contributed by atoms with Gasteiger partial charge >= 0.3 is 0 Å². The molecule has 0 amide bonds. The molecule has 2 fully saturated rings. The molecular formula is C14H28N2O2. The number of hydrogen-bond donors (Lipinski definition) is 1. The third-order valence-electron chi connectivity index (χ3n) is 4.38. The first-order valence-electron chi connectivity index (χ1n) is 7.32. The van der Waals surface area contributed by atoms with Crippen LogP contribution in [0.4, 0.5) is 0 Å². The van der Waals surface area contributed by atoms with Crippen LogP contribution in [0.3, 0.4) is 0 Å². The summed E-state index contributed by atoms with van der Waals surface area (Å²) in [5.74, 6) is 0. The van der Waals surface area contributed by atoms with Crippen LogP contribution in [0, 0.1) is 5.41 Å². The van der Waals surface area contributed by atoms with Crippen LogP contribution in [-0.2, 0) is 9.47 Å². The molecule has 2 aliphatic rings. The van der Waals surface area contributed by atoms with Crippen molar-refractivity contribution in [3.8, 4) is 0 Å². The average molecular weight is 256 g/mol. The Morgan fingerprint density at radius 2 is 2.00 bits per heavy atom. The molecule has 4 heteroatoms. The first-order chi connectivity index (χ1) is 8.74. The number of hydrogen-bond acceptors (Lipinski definition) is 4. The normalized spacial score (nSPS) is 28.5. The van der Waals surface area contributed by atoms with E-state index in [0.717, 1.165) is 52.3 Å². The smallest absolute Gasteiger partial charge is 0.0701 e. The molecule has 2 N–H and O–H groups in total. The Morgan fingerprint density at radius 1 is 1.22 bits per heavy atom. The summed E-state index contributed by atoms with van der Waals surface area (Å²) in [5, 5.41) is 0. The van der Waals surface area contributed by atoms with Crippen LogP contribution >= 0.6 is 0 Å². The lowest BCUT2D eigenvalue weighted by Gasteiger charge is -2.40. The maximum atomic E-state index is 6.01. The molecule has 0 aromatic rings. The quantitative estimate of drug-likeness (QED) is 0.804. The monoisotopic (exact) mass is 256 g/mol. The van der Waals surface area contributed by atoms with E-state index in [4.69, 9.17) is 15.2 Å². The average Bonchev–Trinajstić information content (AvgIpc) is 2.41. The Labute approximate surface area is 111 Å². The SMILES string of the molecule is CN(CC1CCCCO1)CC1(CN)CCOCC1. The molecule has 1 unspecified atom stereocenters. The summed E-state index contributed by atoms with van der Waals surface area (Å²) < 4.78 is 11.3. The first kappa shape index (κ1) is 14.3. The molecule has 0 aromatic carbocycles. The number of nitrogens with two attached hydrogens (primary N) is 1. The predicted molar refractivity (Wildman–Crippen MR) is 72.6 cm³/mol. The topological polar surface area (TPSA) is 47.7 Å². The Kier molecular flexibility index (Phi) is 5.42. The lowest BCUT2D eigenvalue weighted by molar-refractivity contribution is -0.0254. The van der Waals surface area contributed by atoms with Crippen molar-refractivity contribution in [2.24, 2.45) is 11.1 Å². The summed E-state index contributed by atoms with van der Waals surface area (Å²) in [6, 6.07) is 0. The zero-order valence-corrected chi connectivity index (χ0v) is 11.7. The van der Waals surface area contributed by atoms with E-state index in [1.807, 2.05) is 0 Å². The highest BCUT2D eigenvalue weighted by Crippen LogP contribution is 2.30. The van der Waals surface area contributed by atoms with Crippen molar-refractivity contribution in [1.82, 2.24) is 4.90 Å². The standard InChI is InChI=1S/C14H28N2O2/c1-16(10-13-4-2-3-7-18-13)12-14(11-15)5-8-17-9-6-14/h13H,2-12,15H2,1H3. The Bertz CT molecular complexity index is 236. The molecule has 0 saturated carbocycles. The van der Waals surface area contributed by atoms with Crippen molar-refractivity contribution in [2.45, 2.75) is 38.2 Å². The predicted octanol–water partition coefficient (Wildman–Crippen LogP) is 1.24. The summed E-state index contributed by atoms with van der Waals surface area (Å²) in [4.78, 5) is 2.41. The highest BCUT2D eigenvalue weighted by Gasteiger charge is 2.32. The zero-order chi connectivity index (χ0) is 12.8. The summed E-state index contributed by atoms with van der Waals surface area (Å²) in [6.45, 7) is 5.56. The van der Waals surface area contributed by atoms with E-state index >= 15 is 0 Å². The minimum Gasteiger partial charge on any atom is -0.381 e. The van der Waals surface area contributed by atoms with Gasteiger partial charge in [-0.25, -0.2) is 0 Å². The largest absolute Gasteiger partial charge is 0.381 e. The van der Waals surface area contributed by atoms with Crippen molar-refractivity contribution in [3.63, 3.8) is 0 Å². The number of rotatable bonds is 5. The van der Waals surface area contributed by atoms with Gasteiger partial charge in [0.2, 0.25) is 0 Å². The van der Waals surface area contributed by atoms with Crippen molar-refractivity contribution in [3.05, 3.63) is 0 Å². The lowest BCUT2D eigenvalue weighted by atomic mass is 9.80. The summed E-state index contributed by atoms with van der Waals surface area (Å²) in [7, 11) is 2.20. The maximum Gasteiger partial charge on any atom is 0.0701 e. The Balaban J connectivity index is 1.78. The second-order valence-corrected chi connectivity index (χ2v) is 6.00. The van der Waals surface area contributed by atoms with Crippen molar-refractivity contribution >= 4 is 0 Å². The van der Waals surface area contributed by atoms with E-state index in [2.05, 4.69) is 11.9 Å². The summed E-state index contributed by atoms with van der Waals surface area (Å²) >= 11 is 0. The molecule has 106 valence electrons. The van der Waals surface area contributed by atoms with Gasteiger partial charge in [-0.15, -0.1) is 0 Å². The van der Waals surface area contributed by atoms with Gasteiger partial charge in [0.1, 0.15) is 0 Å². The Hall–Kier alpha value is -0.160. The van der Waals surface area contributed by atoms with E-state index < -0.39 is 0 Å². The molecule has 2 saturated heterocycles. The molecule has 4 nitrogen and oxygen atoms in total. The van der Waals surface area contributed by atoms with Crippen LogP contribution in [-0.4, -0.2) is 57.5 Å². The number of likely N-dealkylation sites (N-methyl/N-ethyl adjacent to an activating group) is 1. The van der Waals surface area contributed by atoms with Gasteiger partial charge in [-0.2, -0.15) is 0 Å². The molecule has 1 atom stereocenters. The van der Waals surface area contributed by atoms with E-state index in [1.165, 1.54) is 19.3 Å². The molecule has 0 spiro atoms. The van der Waals surface area contributed by atoms with Crippen LogP contribution in [0.25, 0.3) is 0 Å². The van der Waals surface area contributed by atoms with Crippen molar-refractivity contribution < 1.29 is 9.47 Å². The van der Waals surface area contributed by atoms with Crippen LogP contribution in [0.1, 0.15) is 32.1 Å². The summed E-state index contributed by atoms with van der Waals surface area (Å²) in [6.07, 6.45) is 6.37. The van der Waals surface area contributed by atoms with Crippen LogP contribution < -0.4 is 5.73 Å². The second-order valence-electron chi connectivity index (χ2n) is 6.00. The zero-order valence-electron chi connectivity index (χ0n) is 11.7. The molecule has 2 aliphatic heterocycles. The van der Waals surface area contributed by atoms with E-state index in [0.29, 0.717) is 6.10 Å².